The number of rotatable bonds is 6. The first kappa shape index (κ1) is 17.3. The lowest BCUT2D eigenvalue weighted by atomic mass is 9.69. The molecule has 0 aromatic heterocycles. The Kier molecular flexibility index (Phi) is 4.37. The van der Waals surface area contributed by atoms with Crippen LogP contribution in [0.25, 0.3) is 0 Å². The largest absolute Gasteiger partial charge is 0.490 e. The Balaban J connectivity index is 1.87. The molecule has 0 radical (unpaired) electrons. The van der Waals surface area contributed by atoms with Crippen molar-refractivity contribution < 1.29 is 18.8 Å². The van der Waals surface area contributed by atoms with Crippen molar-refractivity contribution in [2.75, 3.05) is 13.3 Å². The molecule has 8 heteroatoms. The maximum atomic E-state index is 12.9. The smallest absolute Gasteiger partial charge is 0.281 e. The molecule has 4 rings (SSSR count). The molecular formula is C16H18BrFN2O4. The van der Waals surface area contributed by atoms with Gasteiger partial charge in [0.05, 0.1) is 39.3 Å². The molecule has 1 aromatic carbocycles. The number of hydrogen-bond donors (Lipinski definition) is 0. The third kappa shape index (κ3) is 3.04. The van der Waals surface area contributed by atoms with Gasteiger partial charge in [0.15, 0.2) is 0 Å². The fourth-order valence-electron chi connectivity index (χ4n) is 3.27. The van der Waals surface area contributed by atoms with Crippen LogP contribution in [0, 0.1) is 10.1 Å². The molecule has 2 heterocycles. The summed E-state index contributed by atoms with van der Waals surface area (Å²) in [5, 5.41) is 11.4. The van der Waals surface area contributed by atoms with Crippen LogP contribution in [0.5, 0.6) is 5.75 Å². The first-order valence-electron chi connectivity index (χ1n) is 7.68. The topological polar surface area (TPSA) is 74.0 Å². The van der Waals surface area contributed by atoms with E-state index in [1.54, 1.807) is 6.07 Å². The summed E-state index contributed by atoms with van der Waals surface area (Å²) in [6.07, 6.45) is 2.44. The van der Waals surface area contributed by atoms with Crippen molar-refractivity contribution in [3.05, 3.63) is 32.3 Å². The van der Waals surface area contributed by atoms with Gasteiger partial charge in [0.1, 0.15) is 18.0 Å². The first-order valence-corrected chi connectivity index (χ1v) is 8.47. The van der Waals surface area contributed by atoms with E-state index in [9.17, 15) is 14.5 Å². The molecule has 0 spiro atoms. The van der Waals surface area contributed by atoms with E-state index >= 15 is 0 Å². The third-order valence-electron chi connectivity index (χ3n) is 4.31. The number of ether oxygens (including phenoxy) is 2. The number of nitrogens with zero attached hydrogens (tertiary/aromatic N) is 2. The Hall–Kier alpha value is -1.54. The van der Waals surface area contributed by atoms with Gasteiger partial charge in [0, 0.05) is 19.1 Å². The molecule has 1 aliphatic carbocycles. The minimum Gasteiger partial charge on any atom is -0.490 e. The fraction of sp³-hybridized carbons (Fsp3) is 0.562. The summed E-state index contributed by atoms with van der Waals surface area (Å²) in [7, 11) is 0. The summed E-state index contributed by atoms with van der Waals surface area (Å²) >= 11 is 3.37. The first-order chi connectivity index (χ1) is 11.3. The van der Waals surface area contributed by atoms with Gasteiger partial charge in [-0.15, -0.1) is 0 Å². The summed E-state index contributed by atoms with van der Waals surface area (Å²) in [6.45, 7) is 3.54. The van der Waals surface area contributed by atoms with E-state index in [2.05, 4.69) is 20.9 Å². The summed E-state index contributed by atoms with van der Waals surface area (Å²) in [6, 6.07) is 3.01. The monoisotopic (exact) mass is 400 g/mol. The van der Waals surface area contributed by atoms with E-state index < -0.39 is 22.7 Å². The Bertz CT molecular complexity index is 702. The predicted molar refractivity (Wildman–Crippen MR) is 90.8 cm³/mol. The van der Waals surface area contributed by atoms with Gasteiger partial charge in [-0.3, -0.25) is 15.1 Å². The third-order valence-corrected chi connectivity index (χ3v) is 4.93. The van der Waals surface area contributed by atoms with Crippen molar-refractivity contribution in [3.63, 3.8) is 0 Å². The van der Waals surface area contributed by atoms with Crippen LogP contribution in [0.3, 0.4) is 0 Å². The SMILES string of the molecule is CC(C)Oc1cc([N+](=O)[O-])c(C=NC23COC(CF)(C2)C3)cc1Br. The molecule has 2 bridgehead atoms. The van der Waals surface area contributed by atoms with Gasteiger partial charge in [0.25, 0.3) is 5.69 Å². The van der Waals surface area contributed by atoms with Crippen molar-refractivity contribution in [3.8, 4) is 5.75 Å². The fourth-order valence-corrected chi connectivity index (χ4v) is 3.73. The van der Waals surface area contributed by atoms with Crippen molar-refractivity contribution in [2.24, 2.45) is 4.99 Å². The van der Waals surface area contributed by atoms with Crippen LogP contribution in [0.15, 0.2) is 21.6 Å². The molecule has 24 heavy (non-hydrogen) atoms. The number of nitro benzene ring substituents is 1. The molecule has 130 valence electrons. The van der Waals surface area contributed by atoms with Crippen LogP contribution in [-0.4, -0.2) is 41.7 Å². The highest BCUT2D eigenvalue weighted by atomic mass is 79.9. The average molecular weight is 401 g/mol. The minimum atomic E-state index is -0.682. The molecule has 0 atom stereocenters. The highest BCUT2D eigenvalue weighted by Gasteiger charge is 2.62. The van der Waals surface area contributed by atoms with Crippen molar-refractivity contribution >= 4 is 27.8 Å². The van der Waals surface area contributed by atoms with E-state index in [1.165, 1.54) is 12.3 Å². The second-order valence-corrected chi connectivity index (χ2v) is 7.56. The van der Waals surface area contributed by atoms with Gasteiger partial charge in [-0.1, -0.05) is 0 Å². The van der Waals surface area contributed by atoms with Crippen LogP contribution in [0.4, 0.5) is 10.1 Å². The number of aliphatic imine (C=N–C) groups is 1. The molecule has 2 saturated heterocycles. The molecule has 0 amide bonds. The molecule has 0 N–H and O–H groups in total. The normalized spacial score (nSPS) is 28.4. The van der Waals surface area contributed by atoms with E-state index in [4.69, 9.17) is 9.47 Å². The maximum absolute atomic E-state index is 12.9. The zero-order chi connectivity index (χ0) is 17.5. The summed E-state index contributed by atoms with van der Waals surface area (Å²) in [5.74, 6) is 0.413. The van der Waals surface area contributed by atoms with Crippen LogP contribution in [-0.2, 0) is 4.74 Å². The van der Waals surface area contributed by atoms with Crippen LogP contribution >= 0.6 is 15.9 Å². The summed E-state index contributed by atoms with van der Waals surface area (Å²) in [5.41, 5.74) is -0.829. The number of halogens is 2. The predicted octanol–water partition coefficient (Wildman–Crippen LogP) is 3.83. The van der Waals surface area contributed by atoms with Gasteiger partial charge in [-0.2, -0.15) is 0 Å². The number of hydrogen-bond acceptors (Lipinski definition) is 5. The highest BCUT2D eigenvalue weighted by molar-refractivity contribution is 9.10. The minimum absolute atomic E-state index is 0.0796. The van der Waals surface area contributed by atoms with Crippen LogP contribution in [0.2, 0.25) is 0 Å². The van der Waals surface area contributed by atoms with Gasteiger partial charge in [0.2, 0.25) is 0 Å². The molecule has 1 aromatic rings. The lowest BCUT2D eigenvalue weighted by molar-refractivity contribution is -0.385. The van der Waals surface area contributed by atoms with Gasteiger partial charge >= 0.3 is 0 Å². The Labute approximate surface area is 147 Å². The van der Waals surface area contributed by atoms with Crippen LogP contribution < -0.4 is 4.74 Å². The van der Waals surface area contributed by atoms with Crippen molar-refractivity contribution in [2.45, 2.75) is 43.9 Å². The van der Waals surface area contributed by atoms with Gasteiger partial charge in [-0.05, 0) is 35.8 Å². The second-order valence-electron chi connectivity index (χ2n) is 6.71. The van der Waals surface area contributed by atoms with Gasteiger partial charge < -0.3 is 9.47 Å². The summed E-state index contributed by atoms with van der Waals surface area (Å²) in [4.78, 5) is 15.4. The lowest BCUT2D eigenvalue weighted by Crippen LogP contribution is -2.49. The van der Waals surface area contributed by atoms with E-state index in [1.807, 2.05) is 13.8 Å². The Morgan fingerprint density at radius 2 is 2.25 bits per heavy atom. The maximum Gasteiger partial charge on any atom is 0.281 e. The molecule has 3 fully saturated rings. The Morgan fingerprint density at radius 3 is 2.79 bits per heavy atom. The molecule has 6 nitrogen and oxygen atoms in total. The average Bonchev–Trinajstić information content (AvgIpc) is 3.02. The summed E-state index contributed by atoms with van der Waals surface area (Å²) < 4.78 is 24.6. The molecule has 3 aliphatic rings. The van der Waals surface area contributed by atoms with Crippen LogP contribution in [0.1, 0.15) is 32.3 Å². The highest BCUT2D eigenvalue weighted by Crippen LogP contribution is 2.54. The second kappa shape index (κ2) is 6.07. The van der Waals surface area contributed by atoms with Gasteiger partial charge in [-0.25, -0.2) is 4.39 Å². The molecule has 1 saturated carbocycles. The zero-order valence-electron chi connectivity index (χ0n) is 13.4. The molecular weight excluding hydrogens is 383 g/mol. The van der Waals surface area contributed by atoms with Crippen molar-refractivity contribution in [1.82, 2.24) is 0 Å². The molecule has 0 unspecified atom stereocenters. The number of nitro groups is 1. The van der Waals surface area contributed by atoms with Crippen molar-refractivity contribution in [1.29, 1.82) is 0 Å². The quantitative estimate of drug-likeness (QED) is 0.413. The zero-order valence-corrected chi connectivity index (χ0v) is 15.0. The van der Waals surface area contributed by atoms with E-state index in [-0.39, 0.29) is 11.8 Å². The Morgan fingerprint density at radius 1 is 1.54 bits per heavy atom. The lowest BCUT2D eigenvalue weighted by Gasteiger charge is -2.39. The van der Waals surface area contributed by atoms with E-state index in [0.29, 0.717) is 35.2 Å². The number of benzene rings is 1. The standard InChI is InChI=1S/C16H18BrFN2O4/c1-10(2)24-14-4-13(20(21)22)11(3-12(14)17)5-19-15-6-16(7-15,8-18)23-9-15/h3-5,10H,6-9H2,1-2H3. The van der Waals surface area contributed by atoms with E-state index in [0.717, 1.165) is 0 Å². The molecule has 2 aliphatic heterocycles. The number of fused-ring (bicyclic) bond motifs is 1. The number of alkyl halides is 1.